The van der Waals surface area contributed by atoms with Crippen molar-refractivity contribution in [2.24, 2.45) is 0 Å². The third kappa shape index (κ3) is 2.93. The number of hydrogen-bond acceptors (Lipinski definition) is 4. The highest BCUT2D eigenvalue weighted by Crippen LogP contribution is 2.43. The second-order valence-corrected chi connectivity index (χ2v) is 8.02. The summed E-state index contributed by atoms with van der Waals surface area (Å²) < 4.78 is 1.43. The van der Waals surface area contributed by atoms with Crippen LogP contribution in [-0.2, 0) is 0 Å². The van der Waals surface area contributed by atoms with E-state index in [1.54, 1.807) is 23.9 Å². The molecule has 0 fully saturated rings. The molecule has 0 bridgehead atoms. The Morgan fingerprint density at radius 2 is 1.78 bits per heavy atom. The minimum absolute atomic E-state index is 0.0263. The Bertz CT molecular complexity index is 1160. The molecule has 3 aromatic carbocycles. The highest BCUT2D eigenvalue weighted by atomic mass is 35.5. The Labute approximate surface area is 165 Å². The zero-order chi connectivity index (χ0) is 18.4. The van der Waals surface area contributed by atoms with E-state index >= 15 is 0 Å². The number of carbonyl (C=O) groups is 1. The van der Waals surface area contributed by atoms with E-state index in [1.807, 2.05) is 30.3 Å². The SMILES string of the molecule is O=C1CC(c2cccc3ccccc23)Sc2nc(-c3ccc(Cl)cc3)nn21. The molecule has 5 rings (SSSR count). The second kappa shape index (κ2) is 6.51. The summed E-state index contributed by atoms with van der Waals surface area (Å²) in [6.45, 7) is 0. The van der Waals surface area contributed by atoms with E-state index in [-0.39, 0.29) is 11.2 Å². The summed E-state index contributed by atoms with van der Waals surface area (Å²) in [4.78, 5) is 17.3. The van der Waals surface area contributed by atoms with Crippen molar-refractivity contribution < 1.29 is 4.79 Å². The molecule has 1 aliphatic rings. The van der Waals surface area contributed by atoms with Gasteiger partial charge in [-0.1, -0.05) is 65.8 Å². The first kappa shape index (κ1) is 16.5. The Morgan fingerprint density at radius 1 is 1.00 bits per heavy atom. The van der Waals surface area contributed by atoms with Gasteiger partial charge in [0.1, 0.15) is 0 Å². The van der Waals surface area contributed by atoms with Crippen molar-refractivity contribution in [3.05, 3.63) is 77.3 Å². The molecule has 4 aromatic rings. The molecule has 27 heavy (non-hydrogen) atoms. The van der Waals surface area contributed by atoms with E-state index < -0.39 is 0 Å². The van der Waals surface area contributed by atoms with Crippen LogP contribution in [0.1, 0.15) is 22.0 Å². The summed E-state index contributed by atoms with van der Waals surface area (Å²) in [6.07, 6.45) is 0.398. The summed E-state index contributed by atoms with van der Waals surface area (Å²) in [5, 5.41) is 8.09. The normalized spacial score (nSPS) is 16.5. The van der Waals surface area contributed by atoms with Crippen LogP contribution in [0.25, 0.3) is 22.2 Å². The van der Waals surface area contributed by atoms with Crippen molar-refractivity contribution in [2.45, 2.75) is 16.8 Å². The average molecular weight is 392 g/mol. The molecule has 1 aliphatic heterocycles. The first-order valence-electron chi connectivity index (χ1n) is 8.59. The molecular weight excluding hydrogens is 378 g/mol. The Morgan fingerprint density at radius 3 is 2.63 bits per heavy atom. The van der Waals surface area contributed by atoms with Gasteiger partial charge in [-0.2, -0.15) is 4.68 Å². The zero-order valence-electron chi connectivity index (χ0n) is 14.2. The largest absolute Gasteiger partial charge is 0.272 e. The van der Waals surface area contributed by atoms with Gasteiger partial charge in [0, 0.05) is 22.3 Å². The van der Waals surface area contributed by atoms with Crippen LogP contribution in [0.2, 0.25) is 5.02 Å². The molecule has 4 nitrogen and oxygen atoms in total. The fourth-order valence-electron chi connectivity index (χ4n) is 3.38. The van der Waals surface area contributed by atoms with Gasteiger partial charge < -0.3 is 0 Å². The summed E-state index contributed by atoms with van der Waals surface area (Å²) in [5.41, 5.74) is 2.00. The summed E-state index contributed by atoms with van der Waals surface area (Å²) >= 11 is 7.54. The van der Waals surface area contributed by atoms with Crippen LogP contribution in [0, 0.1) is 0 Å². The molecule has 0 aliphatic carbocycles. The molecule has 0 spiro atoms. The van der Waals surface area contributed by atoms with Crippen LogP contribution in [0.5, 0.6) is 0 Å². The van der Waals surface area contributed by atoms with Crippen LogP contribution >= 0.6 is 23.4 Å². The molecule has 0 N–H and O–H groups in total. The molecule has 132 valence electrons. The summed E-state index contributed by atoms with van der Waals surface area (Å²) in [5.74, 6) is 0.510. The van der Waals surface area contributed by atoms with Gasteiger partial charge in [-0.25, -0.2) is 4.98 Å². The third-order valence-corrected chi connectivity index (χ3v) is 6.13. The standard InChI is InChI=1S/C21H14ClN3OS/c22-15-10-8-14(9-11-15)20-23-21-25(24-20)19(26)12-18(27-21)17-7-3-5-13-4-1-2-6-16(13)17/h1-11,18H,12H2. The van der Waals surface area contributed by atoms with Crippen molar-refractivity contribution in [3.8, 4) is 11.4 Å². The van der Waals surface area contributed by atoms with Gasteiger partial charge in [0.05, 0.1) is 0 Å². The van der Waals surface area contributed by atoms with Gasteiger partial charge in [0.25, 0.3) is 5.91 Å². The highest BCUT2D eigenvalue weighted by molar-refractivity contribution is 7.99. The lowest BCUT2D eigenvalue weighted by molar-refractivity contribution is 0.0868. The lowest BCUT2D eigenvalue weighted by atomic mass is 10.0. The summed E-state index contributed by atoms with van der Waals surface area (Å²) in [6, 6.07) is 21.8. The predicted molar refractivity (Wildman–Crippen MR) is 108 cm³/mol. The number of aromatic nitrogens is 3. The maximum atomic E-state index is 12.7. The third-order valence-electron chi connectivity index (χ3n) is 4.69. The number of carbonyl (C=O) groups excluding carboxylic acids is 1. The van der Waals surface area contributed by atoms with Crippen molar-refractivity contribution in [3.63, 3.8) is 0 Å². The van der Waals surface area contributed by atoms with Crippen molar-refractivity contribution in [1.82, 2.24) is 14.8 Å². The molecule has 1 aromatic heterocycles. The van der Waals surface area contributed by atoms with E-state index in [9.17, 15) is 4.79 Å². The van der Waals surface area contributed by atoms with Crippen LogP contribution in [0.3, 0.4) is 0 Å². The fraction of sp³-hybridized carbons (Fsp3) is 0.0952. The number of thioether (sulfide) groups is 1. The minimum Gasteiger partial charge on any atom is -0.272 e. The Kier molecular flexibility index (Phi) is 3.99. The van der Waals surface area contributed by atoms with Crippen LogP contribution in [0.4, 0.5) is 0 Å². The first-order valence-corrected chi connectivity index (χ1v) is 9.85. The molecule has 1 unspecified atom stereocenters. The summed E-state index contributed by atoms with van der Waals surface area (Å²) in [7, 11) is 0. The van der Waals surface area contributed by atoms with Crippen molar-refractivity contribution in [1.29, 1.82) is 0 Å². The number of fused-ring (bicyclic) bond motifs is 2. The molecule has 1 atom stereocenters. The van der Waals surface area contributed by atoms with Gasteiger partial charge in [-0.15, -0.1) is 5.10 Å². The molecule has 0 amide bonds. The van der Waals surface area contributed by atoms with Crippen molar-refractivity contribution >= 4 is 40.0 Å². The van der Waals surface area contributed by atoms with Gasteiger partial charge >= 0.3 is 0 Å². The van der Waals surface area contributed by atoms with Crippen LogP contribution in [0.15, 0.2) is 71.9 Å². The van der Waals surface area contributed by atoms with Gasteiger partial charge in [0.2, 0.25) is 0 Å². The van der Waals surface area contributed by atoms with Gasteiger partial charge in [-0.3, -0.25) is 4.79 Å². The maximum Gasteiger partial charge on any atom is 0.250 e. The molecule has 0 saturated heterocycles. The van der Waals surface area contributed by atoms with Crippen LogP contribution < -0.4 is 0 Å². The number of nitrogens with zero attached hydrogens (tertiary/aromatic N) is 3. The lowest BCUT2D eigenvalue weighted by Gasteiger charge is -2.21. The Balaban J connectivity index is 1.54. The minimum atomic E-state index is -0.0330. The van der Waals surface area contributed by atoms with E-state index in [1.165, 1.54) is 15.5 Å². The maximum absolute atomic E-state index is 12.7. The average Bonchev–Trinajstić information content (AvgIpc) is 3.13. The topological polar surface area (TPSA) is 47.8 Å². The smallest absolute Gasteiger partial charge is 0.250 e. The van der Waals surface area contributed by atoms with Gasteiger partial charge in [0.15, 0.2) is 11.0 Å². The number of halogens is 1. The van der Waals surface area contributed by atoms with E-state index in [0.717, 1.165) is 11.1 Å². The van der Waals surface area contributed by atoms with E-state index in [4.69, 9.17) is 11.6 Å². The van der Waals surface area contributed by atoms with E-state index in [0.29, 0.717) is 22.4 Å². The van der Waals surface area contributed by atoms with Gasteiger partial charge in [-0.05, 0) is 40.6 Å². The molecule has 6 heteroatoms. The number of benzene rings is 3. The molecule has 0 saturated carbocycles. The molecule has 0 radical (unpaired) electrons. The molecule has 2 heterocycles. The highest BCUT2D eigenvalue weighted by Gasteiger charge is 2.30. The predicted octanol–water partition coefficient (Wildman–Crippen LogP) is 5.63. The van der Waals surface area contributed by atoms with E-state index in [2.05, 4.69) is 34.3 Å². The first-order chi connectivity index (χ1) is 13.2. The zero-order valence-corrected chi connectivity index (χ0v) is 15.7. The monoisotopic (exact) mass is 391 g/mol. The van der Waals surface area contributed by atoms with Crippen LogP contribution in [-0.4, -0.2) is 20.7 Å². The molecular formula is C21H14ClN3OS. The van der Waals surface area contributed by atoms with Crippen molar-refractivity contribution in [2.75, 3.05) is 0 Å². The fourth-order valence-corrected chi connectivity index (χ4v) is 4.70. The Hall–Kier alpha value is -2.63. The quantitative estimate of drug-likeness (QED) is 0.444. The number of hydrogen-bond donors (Lipinski definition) is 0. The second-order valence-electron chi connectivity index (χ2n) is 6.41. The number of rotatable bonds is 2. The lowest BCUT2D eigenvalue weighted by Crippen LogP contribution is -2.21.